The lowest BCUT2D eigenvalue weighted by atomic mass is 10.2. The Balaban J connectivity index is 1.98. The van der Waals surface area contributed by atoms with Crippen molar-refractivity contribution in [3.63, 3.8) is 0 Å². The number of hydrogen-bond donors (Lipinski definition) is 0. The predicted octanol–water partition coefficient (Wildman–Crippen LogP) is 0.932. The van der Waals surface area contributed by atoms with Crippen LogP contribution in [-0.4, -0.2) is 24.1 Å². The van der Waals surface area contributed by atoms with Crippen molar-refractivity contribution in [2.75, 3.05) is 0 Å². The van der Waals surface area contributed by atoms with E-state index < -0.39 is 0 Å². The van der Waals surface area contributed by atoms with E-state index in [0.717, 1.165) is 29.3 Å². The van der Waals surface area contributed by atoms with Crippen LogP contribution in [0, 0.1) is 0 Å². The zero-order valence-corrected chi connectivity index (χ0v) is 10.9. The first kappa shape index (κ1) is 10.1. The van der Waals surface area contributed by atoms with Crippen LogP contribution < -0.4 is 4.57 Å². The Morgan fingerprint density at radius 3 is 3.15 bits per heavy atom. The van der Waals surface area contributed by atoms with Gasteiger partial charge in [0.1, 0.15) is 0 Å². The van der Waals surface area contributed by atoms with Gasteiger partial charge in [0.15, 0.2) is 0 Å². The monoisotopic (exact) mass is 263 g/mol. The summed E-state index contributed by atoms with van der Waals surface area (Å²) in [4.78, 5) is 8.96. The van der Waals surface area contributed by atoms with E-state index in [1.165, 1.54) is 11.1 Å². The van der Waals surface area contributed by atoms with Crippen LogP contribution in [0.15, 0.2) is 36.8 Å². The molecule has 6 nitrogen and oxygen atoms in total. The summed E-state index contributed by atoms with van der Waals surface area (Å²) in [5.41, 5.74) is 5.33. The molecule has 0 saturated heterocycles. The zero-order valence-electron chi connectivity index (χ0n) is 10.9. The number of rotatable bonds is 0. The minimum Gasteiger partial charge on any atom is -0.264 e. The van der Waals surface area contributed by atoms with Crippen LogP contribution in [-0.2, 0) is 13.6 Å². The van der Waals surface area contributed by atoms with Gasteiger partial charge in [-0.3, -0.25) is 4.98 Å². The van der Waals surface area contributed by atoms with Crippen molar-refractivity contribution in [2.45, 2.75) is 6.54 Å². The van der Waals surface area contributed by atoms with Crippen molar-refractivity contribution in [1.29, 1.82) is 0 Å². The van der Waals surface area contributed by atoms with Crippen LogP contribution in [0.5, 0.6) is 0 Å². The van der Waals surface area contributed by atoms with Crippen molar-refractivity contribution >= 4 is 16.9 Å². The van der Waals surface area contributed by atoms with Crippen molar-refractivity contribution in [2.24, 2.45) is 7.05 Å². The molecule has 0 N–H and O–H groups in total. The second-order valence-electron chi connectivity index (χ2n) is 5.05. The maximum atomic E-state index is 4.71. The smallest absolute Gasteiger partial charge is 0.264 e. The summed E-state index contributed by atoms with van der Waals surface area (Å²) in [7, 11) is 2.05. The van der Waals surface area contributed by atoms with Gasteiger partial charge in [0.25, 0.3) is 5.65 Å². The topological polar surface area (TPSA) is 51.9 Å². The van der Waals surface area contributed by atoms with E-state index in [1.54, 1.807) is 6.20 Å². The van der Waals surface area contributed by atoms with Gasteiger partial charge in [0, 0.05) is 24.0 Å². The van der Waals surface area contributed by atoms with Gasteiger partial charge in [0.2, 0.25) is 11.5 Å². The fourth-order valence-corrected chi connectivity index (χ4v) is 3.13. The molecule has 0 saturated carbocycles. The van der Waals surface area contributed by atoms with Crippen LogP contribution in [0.2, 0.25) is 0 Å². The number of fused-ring (bicyclic) bond motifs is 7. The molecule has 0 bridgehead atoms. The van der Waals surface area contributed by atoms with Crippen molar-refractivity contribution in [3.8, 4) is 11.4 Å². The Bertz CT molecular complexity index is 994. The molecule has 0 atom stereocenters. The molecular weight excluding hydrogens is 252 g/mol. The van der Waals surface area contributed by atoms with Gasteiger partial charge in [-0.2, -0.15) is 4.98 Å². The third-order valence-electron chi connectivity index (χ3n) is 3.98. The van der Waals surface area contributed by atoms with E-state index in [0.29, 0.717) is 0 Å². The molecule has 0 amide bonds. The normalized spacial score (nSPS) is 13.1. The van der Waals surface area contributed by atoms with E-state index in [4.69, 9.17) is 4.98 Å². The highest BCUT2D eigenvalue weighted by atomic mass is 15.4. The van der Waals surface area contributed by atoms with Gasteiger partial charge in [-0.15, -0.1) is 9.61 Å². The van der Waals surface area contributed by atoms with Gasteiger partial charge in [-0.1, -0.05) is 0 Å². The minimum atomic E-state index is 0.842. The lowest BCUT2D eigenvalue weighted by Gasteiger charge is -1.95. The largest absolute Gasteiger partial charge is 0.314 e. The average molecular weight is 263 g/mol. The SMILES string of the molecule is C[n+]1c2n(c3nc4cccnn4c31)Cc1ccncc1-2. The molecule has 96 valence electrons. The van der Waals surface area contributed by atoms with Crippen LogP contribution in [0.1, 0.15) is 5.56 Å². The lowest BCUT2D eigenvalue weighted by Crippen LogP contribution is -2.31. The third kappa shape index (κ3) is 1.01. The van der Waals surface area contributed by atoms with Crippen molar-refractivity contribution in [3.05, 3.63) is 42.4 Å². The Morgan fingerprint density at radius 2 is 2.20 bits per heavy atom. The average Bonchev–Trinajstić information content (AvgIpc) is 3.10. The standard InChI is InChI=1S/C14H11N6/c1-18-13-10-7-15-6-4-9(10)8-19(13)12-14(18)20-11(17-12)3-2-5-16-20/h2-7H,8H2,1H3/q+1. The molecule has 6 heteroatoms. The lowest BCUT2D eigenvalue weighted by molar-refractivity contribution is -0.636. The Hall–Kier alpha value is -2.76. The van der Waals surface area contributed by atoms with Crippen molar-refractivity contribution < 1.29 is 4.57 Å². The molecule has 0 aromatic carbocycles. The quantitative estimate of drug-likeness (QED) is 0.391. The molecule has 0 radical (unpaired) electrons. The number of aromatic nitrogens is 6. The zero-order chi connectivity index (χ0) is 13.3. The van der Waals surface area contributed by atoms with E-state index in [2.05, 4.69) is 32.3 Å². The van der Waals surface area contributed by atoms with Gasteiger partial charge in [0.05, 0.1) is 25.4 Å². The first-order valence-corrected chi connectivity index (χ1v) is 6.50. The first-order chi connectivity index (χ1) is 9.84. The maximum Gasteiger partial charge on any atom is 0.314 e. The summed E-state index contributed by atoms with van der Waals surface area (Å²) < 4.78 is 6.27. The van der Waals surface area contributed by atoms with Crippen LogP contribution in [0.3, 0.4) is 0 Å². The molecule has 4 aromatic heterocycles. The summed E-state index contributed by atoms with van der Waals surface area (Å²) >= 11 is 0. The Labute approximate surface area is 113 Å². The highest BCUT2D eigenvalue weighted by Gasteiger charge is 2.34. The highest BCUT2D eigenvalue weighted by molar-refractivity contribution is 5.76. The number of imidazole rings is 2. The van der Waals surface area contributed by atoms with Crippen LogP contribution >= 0.6 is 0 Å². The van der Waals surface area contributed by atoms with Crippen LogP contribution in [0.25, 0.3) is 28.3 Å². The minimum absolute atomic E-state index is 0.842. The van der Waals surface area contributed by atoms with Crippen LogP contribution in [0.4, 0.5) is 0 Å². The van der Waals surface area contributed by atoms with Gasteiger partial charge >= 0.3 is 5.65 Å². The fraction of sp³-hybridized carbons (Fsp3) is 0.143. The van der Waals surface area contributed by atoms with Crippen molar-refractivity contribution in [1.82, 2.24) is 24.1 Å². The van der Waals surface area contributed by atoms with E-state index in [9.17, 15) is 0 Å². The molecule has 20 heavy (non-hydrogen) atoms. The molecule has 0 spiro atoms. The highest BCUT2D eigenvalue weighted by Crippen LogP contribution is 2.32. The summed E-state index contributed by atoms with van der Waals surface area (Å²) in [5, 5.41) is 4.40. The second kappa shape index (κ2) is 3.22. The molecule has 5 heterocycles. The molecular formula is C14H11N6+. The van der Waals surface area contributed by atoms with E-state index in [-0.39, 0.29) is 0 Å². The second-order valence-corrected chi connectivity index (χ2v) is 5.05. The molecule has 5 rings (SSSR count). The maximum absolute atomic E-state index is 4.71. The number of aryl methyl sites for hydroxylation is 1. The number of nitrogens with zero attached hydrogens (tertiary/aromatic N) is 6. The molecule has 0 unspecified atom stereocenters. The summed E-state index contributed by atoms with van der Waals surface area (Å²) in [6.07, 6.45) is 5.55. The van der Waals surface area contributed by atoms with E-state index >= 15 is 0 Å². The molecule has 1 aliphatic rings. The first-order valence-electron chi connectivity index (χ1n) is 6.50. The number of pyridine rings is 1. The van der Waals surface area contributed by atoms with E-state index in [1.807, 2.05) is 29.0 Å². The molecule has 4 aromatic rings. The Kier molecular flexibility index (Phi) is 1.62. The van der Waals surface area contributed by atoms with Gasteiger partial charge in [-0.05, 0) is 12.1 Å². The molecule has 0 aliphatic carbocycles. The van der Waals surface area contributed by atoms with Gasteiger partial charge in [-0.25, -0.2) is 9.13 Å². The summed E-state index contributed by atoms with van der Waals surface area (Å²) in [6.45, 7) is 0.842. The van der Waals surface area contributed by atoms with Gasteiger partial charge < -0.3 is 0 Å². The molecule has 1 aliphatic heterocycles. The molecule has 0 fully saturated rings. The summed E-state index contributed by atoms with van der Waals surface area (Å²) in [5.74, 6) is 1.14. The fourth-order valence-electron chi connectivity index (χ4n) is 3.13. The Morgan fingerprint density at radius 1 is 1.25 bits per heavy atom. The third-order valence-corrected chi connectivity index (χ3v) is 3.98. The number of hydrogen-bond acceptors (Lipinski definition) is 3. The predicted molar refractivity (Wildman–Crippen MR) is 72.0 cm³/mol. The summed E-state index contributed by atoms with van der Waals surface area (Å²) in [6, 6.07) is 5.95.